The normalized spacial score (nSPS) is 18.3. The van der Waals surface area contributed by atoms with Crippen LogP contribution in [0.5, 0.6) is 0 Å². The number of hydrogen-bond donors (Lipinski definition) is 1. The first-order valence-corrected chi connectivity index (χ1v) is 6.25. The molecule has 0 aliphatic carbocycles. The van der Waals surface area contributed by atoms with Crippen LogP contribution < -0.4 is 10.6 Å². The first-order valence-electron chi connectivity index (χ1n) is 6.25. The molecule has 104 valence electrons. The number of nitrogens with zero attached hydrogens (tertiary/aromatic N) is 3. The van der Waals surface area contributed by atoms with E-state index in [2.05, 4.69) is 41.9 Å². The van der Waals surface area contributed by atoms with Gasteiger partial charge in [0.2, 0.25) is 0 Å². The van der Waals surface area contributed by atoms with E-state index < -0.39 is 0 Å². The highest BCUT2D eigenvalue weighted by molar-refractivity contribution is 14.0. The standard InChI is InChI=1S/C14H20N4.HI/c1-4-18(12-8-6-5-7-9-12)13-10-11(2)17(3)14(15)16-13;/h5-11H,4H2,1-3H3,(H2,15,16);1H. The lowest BCUT2D eigenvalue weighted by Crippen LogP contribution is -2.43. The van der Waals surface area contributed by atoms with Crippen LogP contribution >= 0.6 is 24.0 Å². The van der Waals surface area contributed by atoms with Gasteiger partial charge in [0, 0.05) is 19.3 Å². The highest BCUT2D eigenvalue weighted by Gasteiger charge is 2.19. The number of benzene rings is 1. The lowest BCUT2D eigenvalue weighted by Gasteiger charge is -2.32. The molecule has 0 bridgehead atoms. The Hall–Kier alpha value is -1.24. The Kier molecular flexibility index (Phi) is 5.65. The van der Waals surface area contributed by atoms with Gasteiger partial charge in [0.25, 0.3) is 0 Å². The highest BCUT2D eigenvalue weighted by atomic mass is 127. The van der Waals surface area contributed by atoms with Gasteiger partial charge in [-0.25, -0.2) is 0 Å². The third kappa shape index (κ3) is 3.40. The van der Waals surface area contributed by atoms with E-state index in [1.807, 2.05) is 30.1 Å². The summed E-state index contributed by atoms with van der Waals surface area (Å²) in [6.45, 7) is 5.09. The van der Waals surface area contributed by atoms with Crippen molar-refractivity contribution in [1.29, 1.82) is 0 Å². The van der Waals surface area contributed by atoms with Crippen LogP contribution in [0.15, 0.2) is 47.2 Å². The number of hydrogen-bond acceptors (Lipinski definition) is 4. The van der Waals surface area contributed by atoms with Gasteiger partial charge >= 0.3 is 0 Å². The van der Waals surface area contributed by atoms with Crippen molar-refractivity contribution in [3.63, 3.8) is 0 Å². The van der Waals surface area contributed by atoms with E-state index in [0.29, 0.717) is 5.96 Å². The van der Waals surface area contributed by atoms with E-state index in [-0.39, 0.29) is 30.0 Å². The maximum absolute atomic E-state index is 5.94. The van der Waals surface area contributed by atoms with Crippen LogP contribution in [0.2, 0.25) is 0 Å². The van der Waals surface area contributed by atoms with Gasteiger partial charge < -0.3 is 15.5 Å². The van der Waals surface area contributed by atoms with E-state index in [0.717, 1.165) is 18.1 Å². The first kappa shape index (κ1) is 15.8. The van der Waals surface area contributed by atoms with Gasteiger partial charge in [-0.2, -0.15) is 4.99 Å². The molecule has 1 aliphatic rings. The summed E-state index contributed by atoms with van der Waals surface area (Å²) in [5, 5.41) is 0. The molecule has 1 heterocycles. The number of nitrogens with two attached hydrogens (primary N) is 1. The maximum atomic E-state index is 5.94. The van der Waals surface area contributed by atoms with Crippen molar-refractivity contribution < 1.29 is 0 Å². The van der Waals surface area contributed by atoms with Gasteiger partial charge in [-0.05, 0) is 32.1 Å². The van der Waals surface area contributed by atoms with E-state index in [9.17, 15) is 0 Å². The molecule has 19 heavy (non-hydrogen) atoms. The van der Waals surface area contributed by atoms with E-state index >= 15 is 0 Å². The fourth-order valence-corrected chi connectivity index (χ4v) is 2.00. The molecule has 1 atom stereocenters. The molecule has 1 aromatic rings. The summed E-state index contributed by atoms with van der Waals surface area (Å²) >= 11 is 0. The molecule has 0 amide bonds. The number of likely N-dealkylation sites (N-methyl/N-ethyl adjacent to an activating group) is 1. The molecule has 1 aromatic carbocycles. The quantitative estimate of drug-likeness (QED) is 0.830. The van der Waals surface area contributed by atoms with Crippen LogP contribution in [-0.2, 0) is 0 Å². The number of aliphatic imine (C=N–C) groups is 1. The van der Waals surface area contributed by atoms with Crippen molar-refractivity contribution in [2.75, 3.05) is 18.5 Å². The molecule has 4 nitrogen and oxygen atoms in total. The first-order chi connectivity index (χ1) is 8.63. The molecule has 2 rings (SSSR count). The van der Waals surface area contributed by atoms with E-state index in [1.165, 1.54) is 0 Å². The van der Waals surface area contributed by atoms with Crippen molar-refractivity contribution in [3.05, 3.63) is 42.2 Å². The van der Waals surface area contributed by atoms with Gasteiger partial charge in [-0.1, -0.05) is 18.2 Å². The van der Waals surface area contributed by atoms with Crippen molar-refractivity contribution in [3.8, 4) is 0 Å². The minimum Gasteiger partial charge on any atom is -0.369 e. The fourth-order valence-electron chi connectivity index (χ4n) is 2.00. The Labute approximate surface area is 132 Å². The summed E-state index contributed by atoms with van der Waals surface area (Å²) in [5.41, 5.74) is 7.08. The van der Waals surface area contributed by atoms with Crippen molar-refractivity contribution in [1.82, 2.24) is 4.90 Å². The summed E-state index contributed by atoms with van der Waals surface area (Å²) in [7, 11) is 1.95. The molecular weight excluding hydrogens is 351 g/mol. The van der Waals surface area contributed by atoms with Gasteiger partial charge in [-0.15, -0.1) is 24.0 Å². The number of halogens is 1. The predicted octanol–water partition coefficient (Wildman–Crippen LogP) is 2.62. The van der Waals surface area contributed by atoms with Gasteiger partial charge in [0.05, 0.1) is 6.04 Å². The topological polar surface area (TPSA) is 44.9 Å². The number of guanidine groups is 1. The monoisotopic (exact) mass is 372 g/mol. The number of anilines is 1. The second-order valence-corrected chi connectivity index (χ2v) is 4.43. The largest absolute Gasteiger partial charge is 0.369 e. The van der Waals surface area contributed by atoms with E-state index in [4.69, 9.17) is 5.73 Å². The molecule has 0 saturated heterocycles. The molecule has 0 aromatic heterocycles. The zero-order valence-corrected chi connectivity index (χ0v) is 13.9. The highest BCUT2D eigenvalue weighted by Crippen LogP contribution is 2.22. The Balaban J connectivity index is 0.00000180. The third-order valence-electron chi connectivity index (χ3n) is 3.25. The number of para-hydroxylation sites is 1. The number of rotatable bonds is 3. The van der Waals surface area contributed by atoms with Crippen molar-refractivity contribution in [2.24, 2.45) is 10.7 Å². The van der Waals surface area contributed by atoms with Gasteiger partial charge in [0.15, 0.2) is 5.96 Å². The molecule has 1 unspecified atom stereocenters. The molecule has 2 N–H and O–H groups in total. The summed E-state index contributed by atoms with van der Waals surface area (Å²) in [5.74, 6) is 1.49. The summed E-state index contributed by atoms with van der Waals surface area (Å²) in [6, 6.07) is 10.5. The van der Waals surface area contributed by atoms with Gasteiger partial charge in [-0.3, -0.25) is 0 Å². The van der Waals surface area contributed by atoms with E-state index in [1.54, 1.807) is 0 Å². The summed E-state index contributed by atoms with van der Waals surface area (Å²) < 4.78 is 0. The SMILES string of the molecule is CCN(C1=CC(C)N(C)C(N)=N1)c1ccccc1.I. The molecule has 0 radical (unpaired) electrons. The summed E-state index contributed by atoms with van der Waals surface area (Å²) in [4.78, 5) is 8.59. The third-order valence-corrected chi connectivity index (χ3v) is 3.25. The second kappa shape index (κ2) is 6.79. The van der Waals surface area contributed by atoms with Crippen LogP contribution in [0.3, 0.4) is 0 Å². The average molecular weight is 372 g/mol. The predicted molar refractivity (Wildman–Crippen MR) is 91.8 cm³/mol. The van der Waals surface area contributed by atoms with Crippen LogP contribution in [0.4, 0.5) is 5.69 Å². The Morgan fingerprint density at radius 3 is 2.47 bits per heavy atom. The van der Waals surface area contributed by atoms with Crippen molar-refractivity contribution >= 4 is 35.6 Å². The molecule has 0 saturated carbocycles. The lowest BCUT2D eigenvalue weighted by molar-refractivity contribution is 0.435. The lowest BCUT2D eigenvalue weighted by atomic mass is 10.2. The fraction of sp³-hybridized carbons (Fsp3) is 0.357. The minimum absolute atomic E-state index is 0. The Morgan fingerprint density at radius 2 is 1.95 bits per heavy atom. The summed E-state index contributed by atoms with van der Waals surface area (Å²) in [6.07, 6.45) is 2.13. The van der Waals surface area contributed by atoms with Crippen LogP contribution in [-0.4, -0.2) is 30.5 Å². The van der Waals surface area contributed by atoms with Crippen LogP contribution in [0.25, 0.3) is 0 Å². The average Bonchev–Trinajstić information content (AvgIpc) is 2.38. The maximum Gasteiger partial charge on any atom is 0.198 e. The zero-order chi connectivity index (χ0) is 13.1. The molecule has 0 spiro atoms. The minimum atomic E-state index is 0. The van der Waals surface area contributed by atoms with Crippen molar-refractivity contribution in [2.45, 2.75) is 19.9 Å². The smallest absolute Gasteiger partial charge is 0.198 e. The molecule has 5 heteroatoms. The van der Waals surface area contributed by atoms with Gasteiger partial charge in [0.1, 0.15) is 5.82 Å². The van der Waals surface area contributed by atoms with Crippen LogP contribution in [0.1, 0.15) is 13.8 Å². The van der Waals surface area contributed by atoms with Crippen LogP contribution in [0, 0.1) is 0 Å². The Bertz CT molecular complexity index is 470. The molecular formula is C14H21IN4. The zero-order valence-electron chi connectivity index (χ0n) is 11.6. The molecule has 0 fully saturated rings. The Morgan fingerprint density at radius 1 is 1.32 bits per heavy atom. The molecule has 1 aliphatic heterocycles. The second-order valence-electron chi connectivity index (χ2n) is 4.43.